The zero-order valence-corrected chi connectivity index (χ0v) is 12.1. The van der Waals surface area contributed by atoms with Gasteiger partial charge in [0, 0.05) is 13.2 Å². The number of methoxy groups -OCH3 is 1. The van der Waals surface area contributed by atoms with E-state index in [2.05, 4.69) is 5.32 Å². The van der Waals surface area contributed by atoms with Crippen molar-refractivity contribution in [3.05, 3.63) is 28.8 Å². The fourth-order valence-electron chi connectivity index (χ4n) is 1.45. The predicted octanol–water partition coefficient (Wildman–Crippen LogP) is 0.752. The molecule has 106 valence electrons. The molecular formula is C11H15ClN2O4S. The van der Waals surface area contributed by atoms with E-state index in [0.29, 0.717) is 6.61 Å². The maximum atomic E-state index is 11.9. The summed E-state index contributed by atoms with van der Waals surface area (Å²) in [6, 6.07) is 3.48. The van der Waals surface area contributed by atoms with Crippen molar-refractivity contribution in [1.82, 2.24) is 5.32 Å². The molecule has 1 aromatic carbocycles. The minimum Gasteiger partial charge on any atom is -0.383 e. The zero-order chi connectivity index (χ0) is 14.6. The van der Waals surface area contributed by atoms with E-state index in [9.17, 15) is 13.2 Å². The van der Waals surface area contributed by atoms with Gasteiger partial charge in [-0.25, -0.2) is 13.6 Å². The number of carbonyl (C=O) groups is 1. The first-order chi connectivity index (χ1) is 8.75. The van der Waals surface area contributed by atoms with Crippen LogP contribution in [0, 0.1) is 0 Å². The van der Waals surface area contributed by atoms with Gasteiger partial charge in [-0.2, -0.15) is 0 Å². The van der Waals surface area contributed by atoms with Crippen molar-refractivity contribution in [3.63, 3.8) is 0 Å². The van der Waals surface area contributed by atoms with Crippen molar-refractivity contribution in [2.45, 2.75) is 17.9 Å². The van der Waals surface area contributed by atoms with Gasteiger partial charge in [-0.05, 0) is 25.1 Å². The molecule has 0 aliphatic carbocycles. The van der Waals surface area contributed by atoms with Crippen LogP contribution in [0.25, 0.3) is 0 Å². The van der Waals surface area contributed by atoms with Crippen LogP contribution in [-0.4, -0.2) is 34.1 Å². The number of hydrogen-bond donors (Lipinski definition) is 2. The summed E-state index contributed by atoms with van der Waals surface area (Å²) < 4.78 is 27.3. The second-order valence-corrected chi connectivity index (χ2v) is 5.99. The second kappa shape index (κ2) is 6.33. The monoisotopic (exact) mass is 306 g/mol. The van der Waals surface area contributed by atoms with Gasteiger partial charge < -0.3 is 10.1 Å². The lowest BCUT2D eigenvalue weighted by molar-refractivity contribution is 0.0905. The van der Waals surface area contributed by atoms with Crippen molar-refractivity contribution in [3.8, 4) is 0 Å². The third-order valence-electron chi connectivity index (χ3n) is 2.31. The lowest BCUT2D eigenvalue weighted by atomic mass is 10.2. The molecule has 0 aliphatic rings. The van der Waals surface area contributed by atoms with Crippen LogP contribution < -0.4 is 10.5 Å². The fraction of sp³-hybridized carbons (Fsp3) is 0.364. The van der Waals surface area contributed by atoms with Crippen LogP contribution in [0.4, 0.5) is 0 Å². The number of halogens is 1. The molecule has 0 saturated heterocycles. The number of rotatable bonds is 5. The topological polar surface area (TPSA) is 98.5 Å². The second-order valence-electron chi connectivity index (χ2n) is 4.02. The highest BCUT2D eigenvalue weighted by Crippen LogP contribution is 2.19. The van der Waals surface area contributed by atoms with E-state index in [1.54, 1.807) is 6.92 Å². The standard InChI is InChI=1S/C11H15ClN2O4S/c1-7(6-18-2)14-11(15)9-5-8(19(13,16)17)3-4-10(9)12/h3-5,7H,6H2,1-2H3,(H,14,15)(H2,13,16,17). The molecule has 0 radical (unpaired) electrons. The summed E-state index contributed by atoms with van der Waals surface area (Å²) >= 11 is 5.87. The summed E-state index contributed by atoms with van der Waals surface area (Å²) in [4.78, 5) is 11.8. The Labute approximate surface area is 116 Å². The minimum absolute atomic E-state index is 0.0520. The highest BCUT2D eigenvalue weighted by molar-refractivity contribution is 7.89. The van der Waals surface area contributed by atoms with E-state index >= 15 is 0 Å². The molecule has 0 heterocycles. The number of nitrogens with two attached hydrogens (primary N) is 1. The van der Waals surface area contributed by atoms with E-state index in [1.807, 2.05) is 0 Å². The smallest absolute Gasteiger partial charge is 0.253 e. The summed E-state index contributed by atoms with van der Waals surface area (Å²) in [6.07, 6.45) is 0. The molecule has 0 saturated carbocycles. The summed E-state index contributed by atoms with van der Waals surface area (Å²) in [5.41, 5.74) is 0.0520. The molecule has 1 unspecified atom stereocenters. The van der Waals surface area contributed by atoms with Crippen molar-refractivity contribution >= 4 is 27.5 Å². The molecule has 1 aromatic rings. The van der Waals surface area contributed by atoms with Crippen LogP contribution in [0.1, 0.15) is 17.3 Å². The molecule has 0 spiro atoms. The van der Waals surface area contributed by atoms with E-state index in [-0.39, 0.29) is 21.5 Å². The highest BCUT2D eigenvalue weighted by atomic mass is 35.5. The Kier molecular flexibility index (Phi) is 5.30. The highest BCUT2D eigenvalue weighted by Gasteiger charge is 2.17. The number of carbonyl (C=O) groups excluding carboxylic acids is 1. The Hall–Kier alpha value is -1.15. The average Bonchev–Trinajstić information content (AvgIpc) is 2.27. The lowest BCUT2D eigenvalue weighted by Crippen LogP contribution is -2.35. The number of primary sulfonamides is 1. The first-order valence-corrected chi connectivity index (χ1v) is 7.30. The molecular weight excluding hydrogens is 292 g/mol. The SMILES string of the molecule is COCC(C)NC(=O)c1cc(S(N)(=O)=O)ccc1Cl. The molecule has 6 nitrogen and oxygen atoms in total. The Morgan fingerprint density at radius 1 is 1.53 bits per heavy atom. The van der Waals surface area contributed by atoms with Gasteiger partial charge in [0.1, 0.15) is 0 Å². The molecule has 19 heavy (non-hydrogen) atoms. The number of ether oxygens (including phenoxy) is 1. The van der Waals surface area contributed by atoms with Gasteiger partial charge in [-0.1, -0.05) is 11.6 Å². The molecule has 1 amide bonds. The lowest BCUT2D eigenvalue weighted by Gasteiger charge is -2.13. The van der Waals surface area contributed by atoms with Crippen LogP contribution in [0.5, 0.6) is 0 Å². The zero-order valence-electron chi connectivity index (χ0n) is 10.5. The molecule has 0 fully saturated rings. The molecule has 8 heteroatoms. The van der Waals surface area contributed by atoms with E-state index in [1.165, 1.54) is 19.2 Å². The van der Waals surface area contributed by atoms with Crippen LogP contribution in [0.15, 0.2) is 23.1 Å². The van der Waals surface area contributed by atoms with Crippen molar-refractivity contribution < 1.29 is 17.9 Å². The van der Waals surface area contributed by atoms with Crippen LogP contribution >= 0.6 is 11.6 Å². The molecule has 0 bridgehead atoms. The van der Waals surface area contributed by atoms with Crippen LogP contribution in [0.2, 0.25) is 5.02 Å². The maximum absolute atomic E-state index is 11.9. The van der Waals surface area contributed by atoms with Gasteiger partial charge in [-0.15, -0.1) is 0 Å². The van der Waals surface area contributed by atoms with Crippen LogP contribution in [0.3, 0.4) is 0 Å². The van der Waals surface area contributed by atoms with Gasteiger partial charge in [0.25, 0.3) is 5.91 Å². The molecule has 0 aliphatic heterocycles. The van der Waals surface area contributed by atoms with E-state index < -0.39 is 15.9 Å². The first kappa shape index (κ1) is 15.9. The van der Waals surface area contributed by atoms with Gasteiger partial charge in [-0.3, -0.25) is 4.79 Å². The summed E-state index contributed by atoms with van der Waals surface area (Å²) in [5, 5.41) is 7.78. The Morgan fingerprint density at radius 2 is 2.16 bits per heavy atom. The van der Waals surface area contributed by atoms with Crippen molar-refractivity contribution in [2.75, 3.05) is 13.7 Å². The van der Waals surface area contributed by atoms with E-state index in [4.69, 9.17) is 21.5 Å². The minimum atomic E-state index is -3.88. The van der Waals surface area contributed by atoms with Gasteiger partial charge in [0.05, 0.1) is 22.1 Å². The molecule has 1 rings (SSSR count). The van der Waals surface area contributed by atoms with Crippen molar-refractivity contribution in [1.29, 1.82) is 0 Å². The molecule has 1 atom stereocenters. The van der Waals surface area contributed by atoms with Gasteiger partial charge in [0.15, 0.2) is 0 Å². The summed E-state index contributed by atoms with van der Waals surface area (Å²) in [7, 11) is -2.37. The summed E-state index contributed by atoms with van der Waals surface area (Å²) in [5.74, 6) is -0.486. The Morgan fingerprint density at radius 3 is 2.68 bits per heavy atom. The third kappa shape index (κ3) is 4.46. The maximum Gasteiger partial charge on any atom is 0.253 e. The number of sulfonamides is 1. The largest absolute Gasteiger partial charge is 0.383 e. The number of benzene rings is 1. The fourth-order valence-corrected chi connectivity index (χ4v) is 2.19. The van der Waals surface area contributed by atoms with Crippen molar-refractivity contribution in [2.24, 2.45) is 5.14 Å². The van der Waals surface area contributed by atoms with E-state index in [0.717, 1.165) is 6.07 Å². The number of amides is 1. The van der Waals surface area contributed by atoms with Crippen LogP contribution in [-0.2, 0) is 14.8 Å². The Balaban J connectivity index is 3.03. The molecule has 3 N–H and O–H groups in total. The number of hydrogen-bond acceptors (Lipinski definition) is 4. The first-order valence-electron chi connectivity index (χ1n) is 5.38. The van der Waals surface area contributed by atoms with Gasteiger partial charge >= 0.3 is 0 Å². The normalized spacial score (nSPS) is 13.1. The molecule has 0 aromatic heterocycles. The summed E-state index contributed by atoms with van der Waals surface area (Å²) in [6.45, 7) is 2.08. The number of nitrogens with one attached hydrogen (secondary N) is 1. The van der Waals surface area contributed by atoms with Gasteiger partial charge in [0.2, 0.25) is 10.0 Å². The third-order valence-corrected chi connectivity index (χ3v) is 3.55. The predicted molar refractivity (Wildman–Crippen MR) is 71.6 cm³/mol. The Bertz CT molecular complexity index is 574. The average molecular weight is 307 g/mol. The quantitative estimate of drug-likeness (QED) is 0.838.